The van der Waals surface area contributed by atoms with Gasteiger partial charge in [0.15, 0.2) is 0 Å². The molecule has 0 atom stereocenters. The highest BCUT2D eigenvalue weighted by molar-refractivity contribution is 6.32. The lowest BCUT2D eigenvalue weighted by atomic mass is 10.0. The van der Waals surface area contributed by atoms with Gasteiger partial charge in [0.05, 0.1) is 12.0 Å². The summed E-state index contributed by atoms with van der Waals surface area (Å²) >= 11 is 5.78. The van der Waals surface area contributed by atoms with Gasteiger partial charge in [-0.25, -0.2) is 0 Å². The minimum atomic E-state index is -0.554. The molecule has 0 fully saturated rings. The van der Waals surface area contributed by atoms with E-state index >= 15 is 0 Å². The number of nitro benzene ring substituents is 1. The monoisotopic (exact) mass is 291 g/mol. The lowest BCUT2D eigenvalue weighted by Gasteiger charge is -2.09. The van der Waals surface area contributed by atoms with Gasteiger partial charge in [0, 0.05) is 17.2 Å². The molecule has 2 aromatic carbocycles. The SMILES string of the molecule is COc1ccc(C=O)cc1-c1ccc(Cl)c([N+](=O)[O-])c1. The molecular weight excluding hydrogens is 282 g/mol. The Labute approximate surface area is 119 Å². The summed E-state index contributed by atoms with van der Waals surface area (Å²) in [6, 6.07) is 9.30. The summed E-state index contributed by atoms with van der Waals surface area (Å²) in [5.74, 6) is 0.521. The van der Waals surface area contributed by atoms with Gasteiger partial charge in [0.25, 0.3) is 5.69 Å². The van der Waals surface area contributed by atoms with Crippen molar-refractivity contribution in [2.24, 2.45) is 0 Å². The highest BCUT2D eigenvalue weighted by atomic mass is 35.5. The average molecular weight is 292 g/mol. The second kappa shape index (κ2) is 5.71. The van der Waals surface area contributed by atoms with E-state index in [4.69, 9.17) is 16.3 Å². The average Bonchev–Trinajstić information content (AvgIpc) is 2.46. The number of carbonyl (C=O) groups excluding carboxylic acids is 1. The highest BCUT2D eigenvalue weighted by Gasteiger charge is 2.15. The van der Waals surface area contributed by atoms with E-state index in [9.17, 15) is 14.9 Å². The van der Waals surface area contributed by atoms with Crippen molar-refractivity contribution < 1.29 is 14.5 Å². The summed E-state index contributed by atoms with van der Waals surface area (Å²) in [7, 11) is 1.49. The summed E-state index contributed by atoms with van der Waals surface area (Å²) in [5.41, 5.74) is 1.42. The minimum Gasteiger partial charge on any atom is -0.496 e. The number of hydrogen-bond donors (Lipinski definition) is 0. The van der Waals surface area contributed by atoms with Crippen LogP contribution in [-0.4, -0.2) is 18.3 Å². The topological polar surface area (TPSA) is 69.4 Å². The van der Waals surface area contributed by atoms with Gasteiger partial charge in [-0.3, -0.25) is 14.9 Å². The predicted molar refractivity (Wildman–Crippen MR) is 75.5 cm³/mol. The maximum atomic E-state index is 10.9. The molecule has 0 saturated heterocycles. The minimum absolute atomic E-state index is 0.0595. The Morgan fingerprint density at radius 2 is 2.00 bits per heavy atom. The molecule has 0 N–H and O–H groups in total. The van der Waals surface area contributed by atoms with Gasteiger partial charge in [0.2, 0.25) is 0 Å². The first-order valence-electron chi connectivity index (χ1n) is 5.64. The Morgan fingerprint density at radius 3 is 2.60 bits per heavy atom. The molecule has 0 spiro atoms. The number of nitrogens with zero attached hydrogens (tertiary/aromatic N) is 1. The van der Waals surface area contributed by atoms with Crippen LogP contribution in [0.2, 0.25) is 5.02 Å². The van der Waals surface area contributed by atoms with E-state index in [0.29, 0.717) is 28.7 Å². The van der Waals surface area contributed by atoms with E-state index < -0.39 is 4.92 Å². The number of carbonyl (C=O) groups is 1. The van der Waals surface area contributed by atoms with E-state index in [1.165, 1.54) is 19.2 Å². The van der Waals surface area contributed by atoms with Gasteiger partial charge in [-0.1, -0.05) is 17.7 Å². The third-order valence-electron chi connectivity index (χ3n) is 2.81. The summed E-state index contributed by atoms with van der Waals surface area (Å²) in [6.07, 6.45) is 0.702. The van der Waals surface area contributed by atoms with Gasteiger partial charge in [0.1, 0.15) is 17.1 Å². The van der Waals surface area contributed by atoms with Crippen LogP contribution < -0.4 is 4.74 Å². The first kappa shape index (κ1) is 14.0. The van der Waals surface area contributed by atoms with E-state index in [0.717, 1.165) is 0 Å². The predicted octanol–water partition coefficient (Wildman–Crippen LogP) is 3.74. The Morgan fingerprint density at radius 1 is 1.25 bits per heavy atom. The molecule has 0 saturated carbocycles. The third-order valence-corrected chi connectivity index (χ3v) is 3.13. The molecule has 102 valence electrons. The number of benzene rings is 2. The van der Waals surface area contributed by atoms with Crippen LogP contribution in [0.25, 0.3) is 11.1 Å². The van der Waals surface area contributed by atoms with Gasteiger partial charge >= 0.3 is 0 Å². The first-order chi connectivity index (χ1) is 9.56. The number of nitro groups is 1. The van der Waals surface area contributed by atoms with Crippen LogP contribution in [0.15, 0.2) is 36.4 Å². The number of methoxy groups -OCH3 is 1. The van der Waals surface area contributed by atoms with Gasteiger partial charge < -0.3 is 4.74 Å². The fraction of sp³-hybridized carbons (Fsp3) is 0.0714. The number of hydrogen-bond acceptors (Lipinski definition) is 4. The van der Waals surface area contributed by atoms with Crippen LogP contribution in [0, 0.1) is 10.1 Å². The van der Waals surface area contributed by atoms with Gasteiger partial charge in [-0.15, -0.1) is 0 Å². The summed E-state index contributed by atoms with van der Waals surface area (Å²) in [6.45, 7) is 0. The Balaban J connectivity index is 2.64. The van der Waals surface area contributed by atoms with Crippen molar-refractivity contribution in [1.29, 1.82) is 0 Å². The quantitative estimate of drug-likeness (QED) is 0.489. The number of aldehydes is 1. The molecule has 0 aliphatic carbocycles. The molecular formula is C14H10ClNO4. The summed E-state index contributed by atoms with van der Waals surface area (Å²) in [5, 5.41) is 11.0. The van der Waals surface area contributed by atoms with Crippen molar-refractivity contribution in [3.05, 3.63) is 57.1 Å². The van der Waals surface area contributed by atoms with Crippen molar-refractivity contribution in [3.63, 3.8) is 0 Å². The maximum Gasteiger partial charge on any atom is 0.288 e. The molecule has 2 aromatic rings. The lowest BCUT2D eigenvalue weighted by Crippen LogP contribution is -1.93. The fourth-order valence-electron chi connectivity index (χ4n) is 1.84. The Bertz CT molecular complexity index is 685. The molecule has 0 bridgehead atoms. The van der Waals surface area contributed by atoms with Crippen molar-refractivity contribution in [1.82, 2.24) is 0 Å². The van der Waals surface area contributed by atoms with Gasteiger partial charge in [-0.05, 0) is 29.8 Å². The summed E-state index contributed by atoms with van der Waals surface area (Å²) < 4.78 is 5.21. The Kier molecular flexibility index (Phi) is 4.00. The largest absolute Gasteiger partial charge is 0.496 e. The van der Waals surface area contributed by atoms with Crippen molar-refractivity contribution in [2.75, 3.05) is 7.11 Å². The molecule has 6 heteroatoms. The molecule has 0 aliphatic heterocycles. The van der Waals surface area contributed by atoms with E-state index in [-0.39, 0.29) is 10.7 Å². The smallest absolute Gasteiger partial charge is 0.288 e. The van der Waals surface area contributed by atoms with Crippen molar-refractivity contribution in [3.8, 4) is 16.9 Å². The number of halogens is 1. The summed E-state index contributed by atoms with van der Waals surface area (Å²) in [4.78, 5) is 21.2. The second-order valence-corrected chi connectivity index (χ2v) is 4.41. The van der Waals surface area contributed by atoms with E-state index in [2.05, 4.69) is 0 Å². The lowest BCUT2D eigenvalue weighted by molar-refractivity contribution is -0.384. The van der Waals surface area contributed by atoms with E-state index in [1.54, 1.807) is 24.3 Å². The molecule has 0 heterocycles. The number of rotatable bonds is 4. The molecule has 20 heavy (non-hydrogen) atoms. The number of ether oxygens (including phenoxy) is 1. The molecule has 0 amide bonds. The van der Waals surface area contributed by atoms with Crippen LogP contribution in [0.4, 0.5) is 5.69 Å². The van der Waals surface area contributed by atoms with Gasteiger partial charge in [-0.2, -0.15) is 0 Å². The zero-order valence-electron chi connectivity index (χ0n) is 10.5. The van der Waals surface area contributed by atoms with Crippen molar-refractivity contribution >= 4 is 23.6 Å². The van der Waals surface area contributed by atoms with Crippen molar-refractivity contribution in [2.45, 2.75) is 0 Å². The molecule has 0 radical (unpaired) electrons. The first-order valence-corrected chi connectivity index (χ1v) is 6.02. The maximum absolute atomic E-state index is 10.9. The van der Waals surface area contributed by atoms with Crippen LogP contribution in [-0.2, 0) is 0 Å². The highest BCUT2D eigenvalue weighted by Crippen LogP contribution is 2.35. The molecule has 5 nitrogen and oxygen atoms in total. The zero-order chi connectivity index (χ0) is 14.7. The molecule has 2 rings (SSSR count). The standard InChI is InChI=1S/C14H10ClNO4/c1-20-14-5-2-9(8-17)6-11(14)10-3-4-12(15)13(7-10)16(18)19/h2-8H,1H3. The normalized spacial score (nSPS) is 10.1. The van der Waals surface area contributed by atoms with Crippen LogP contribution in [0.5, 0.6) is 5.75 Å². The fourth-order valence-corrected chi connectivity index (χ4v) is 2.03. The molecule has 0 aromatic heterocycles. The van der Waals surface area contributed by atoms with E-state index in [1.807, 2.05) is 0 Å². The third kappa shape index (κ3) is 2.62. The van der Waals surface area contributed by atoms with Crippen LogP contribution in [0.3, 0.4) is 0 Å². The molecule has 0 unspecified atom stereocenters. The molecule has 0 aliphatic rings. The Hall–Kier alpha value is -2.40. The van der Waals surface area contributed by atoms with Crippen LogP contribution in [0.1, 0.15) is 10.4 Å². The zero-order valence-corrected chi connectivity index (χ0v) is 11.3. The van der Waals surface area contributed by atoms with Crippen LogP contribution >= 0.6 is 11.6 Å². The second-order valence-electron chi connectivity index (χ2n) is 4.00.